The summed E-state index contributed by atoms with van der Waals surface area (Å²) >= 11 is 0. The molecule has 94 valence electrons. The third kappa shape index (κ3) is 2.65. The summed E-state index contributed by atoms with van der Waals surface area (Å²) in [5, 5.41) is 12.2. The zero-order valence-corrected chi connectivity index (χ0v) is 10.1. The molecule has 1 heterocycles. The van der Waals surface area contributed by atoms with E-state index < -0.39 is 0 Å². The monoisotopic (exact) mass is 254 g/mol. The van der Waals surface area contributed by atoms with Gasteiger partial charge in [0.25, 0.3) is 0 Å². The van der Waals surface area contributed by atoms with Gasteiger partial charge in [-0.25, -0.2) is 4.39 Å². The van der Waals surface area contributed by atoms with E-state index >= 15 is 0 Å². The second-order valence-corrected chi connectivity index (χ2v) is 4.14. The van der Waals surface area contributed by atoms with Crippen molar-refractivity contribution in [1.82, 2.24) is 20.2 Å². The van der Waals surface area contributed by atoms with Gasteiger partial charge in [0.15, 0.2) is 0 Å². The first-order valence-corrected chi connectivity index (χ1v) is 5.89. The van der Waals surface area contributed by atoms with Gasteiger partial charge in [0.2, 0.25) is 5.82 Å². The zero-order valence-electron chi connectivity index (χ0n) is 10.1. The van der Waals surface area contributed by atoms with E-state index in [1.165, 1.54) is 16.9 Å². The van der Waals surface area contributed by atoms with Crippen LogP contribution >= 0.6 is 0 Å². The molecule has 0 bridgehead atoms. The maximum Gasteiger partial charge on any atom is 0.204 e. The molecule has 0 spiro atoms. The van der Waals surface area contributed by atoms with Crippen LogP contribution in [0.4, 0.5) is 4.39 Å². The van der Waals surface area contributed by atoms with Gasteiger partial charge in [-0.3, -0.25) is 0 Å². The summed E-state index contributed by atoms with van der Waals surface area (Å²) < 4.78 is 13.1. The first-order valence-electron chi connectivity index (χ1n) is 5.89. The Morgan fingerprint density at radius 1 is 1.00 bits per heavy atom. The summed E-state index contributed by atoms with van der Waals surface area (Å²) in [4.78, 5) is 1.46. The van der Waals surface area contributed by atoms with Crippen LogP contribution in [-0.4, -0.2) is 20.2 Å². The van der Waals surface area contributed by atoms with Gasteiger partial charge in [-0.2, -0.15) is 4.80 Å². The third-order valence-electron chi connectivity index (χ3n) is 2.70. The number of halogens is 1. The van der Waals surface area contributed by atoms with E-state index in [0.717, 1.165) is 11.1 Å². The molecule has 0 aliphatic carbocycles. The molecule has 0 N–H and O–H groups in total. The highest BCUT2D eigenvalue weighted by Gasteiger charge is 2.05. The molecule has 0 aliphatic rings. The van der Waals surface area contributed by atoms with E-state index in [2.05, 4.69) is 15.4 Å². The van der Waals surface area contributed by atoms with Gasteiger partial charge < -0.3 is 0 Å². The van der Waals surface area contributed by atoms with Crippen LogP contribution in [0, 0.1) is 5.82 Å². The lowest BCUT2D eigenvalue weighted by atomic mass is 10.2. The lowest BCUT2D eigenvalue weighted by Crippen LogP contribution is -2.04. The van der Waals surface area contributed by atoms with Crippen molar-refractivity contribution in [1.29, 1.82) is 0 Å². The molecule has 0 radical (unpaired) electrons. The highest BCUT2D eigenvalue weighted by atomic mass is 19.1. The molecule has 0 fully saturated rings. The molecule has 0 amide bonds. The molecule has 0 atom stereocenters. The average molecular weight is 254 g/mol. The topological polar surface area (TPSA) is 43.6 Å². The molecule has 3 aromatic rings. The van der Waals surface area contributed by atoms with Gasteiger partial charge in [0.1, 0.15) is 5.82 Å². The standard InChI is InChI=1S/C14H11FN4/c15-13-8-4-5-11(9-13)10-19-17-14(16-18-19)12-6-2-1-3-7-12/h1-9H,10H2. The molecular weight excluding hydrogens is 243 g/mol. The molecule has 0 unspecified atom stereocenters. The van der Waals surface area contributed by atoms with Gasteiger partial charge >= 0.3 is 0 Å². The zero-order chi connectivity index (χ0) is 13.1. The number of benzene rings is 2. The smallest absolute Gasteiger partial charge is 0.204 e. The fraction of sp³-hybridized carbons (Fsp3) is 0.0714. The fourth-order valence-corrected chi connectivity index (χ4v) is 1.81. The molecule has 1 aromatic heterocycles. The molecule has 5 heteroatoms. The fourth-order valence-electron chi connectivity index (χ4n) is 1.81. The van der Waals surface area contributed by atoms with Crippen LogP contribution in [0.25, 0.3) is 11.4 Å². The Hall–Kier alpha value is -2.56. The number of hydrogen-bond donors (Lipinski definition) is 0. The van der Waals surface area contributed by atoms with Crippen LogP contribution in [0.5, 0.6) is 0 Å². The minimum absolute atomic E-state index is 0.263. The van der Waals surface area contributed by atoms with Crippen molar-refractivity contribution < 1.29 is 4.39 Å². The van der Waals surface area contributed by atoms with Gasteiger partial charge in [-0.05, 0) is 22.9 Å². The quantitative estimate of drug-likeness (QED) is 0.721. The summed E-state index contributed by atoms with van der Waals surface area (Å²) in [5.74, 6) is 0.304. The van der Waals surface area contributed by atoms with Crippen LogP contribution in [-0.2, 0) is 6.54 Å². The van der Waals surface area contributed by atoms with Crippen molar-refractivity contribution in [3.05, 3.63) is 66.0 Å². The number of aromatic nitrogens is 4. The van der Waals surface area contributed by atoms with Crippen molar-refractivity contribution in [3.8, 4) is 11.4 Å². The van der Waals surface area contributed by atoms with Crippen LogP contribution in [0.1, 0.15) is 5.56 Å². The molecule has 3 rings (SSSR count). The predicted molar refractivity (Wildman–Crippen MR) is 68.8 cm³/mol. The van der Waals surface area contributed by atoms with Gasteiger partial charge in [-0.1, -0.05) is 42.5 Å². The van der Waals surface area contributed by atoms with E-state index in [1.54, 1.807) is 6.07 Å². The molecule has 19 heavy (non-hydrogen) atoms. The molecule has 4 nitrogen and oxygen atoms in total. The summed E-state index contributed by atoms with van der Waals surface area (Å²) in [6.07, 6.45) is 0. The minimum atomic E-state index is -0.263. The second kappa shape index (κ2) is 4.97. The van der Waals surface area contributed by atoms with E-state index in [1.807, 2.05) is 36.4 Å². The predicted octanol–water partition coefficient (Wildman–Crippen LogP) is 2.53. The van der Waals surface area contributed by atoms with Crippen molar-refractivity contribution >= 4 is 0 Å². The number of tetrazole rings is 1. The summed E-state index contributed by atoms with van der Waals surface area (Å²) in [5.41, 5.74) is 1.71. The third-order valence-corrected chi connectivity index (χ3v) is 2.70. The van der Waals surface area contributed by atoms with Crippen molar-refractivity contribution in [3.63, 3.8) is 0 Å². The first kappa shape index (κ1) is 11.5. The Bertz CT molecular complexity index is 679. The lowest BCUT2D eigenvalue weighted by molar-refractivity contribution is 0.567. The Kier molecular flexibility index (Phi) is 3.02. The summed E-state index contributed by atoms with van der Waals surface area (Å²) in [6, 6.07) is 16.0. The van der Waals surface area contributed by atoms with Crippen molar-refractivity contribution in [2.24, 2.45) is 0 Å². The normalized spacial score (nSPS) is 10.6. The van der Waals surface area contributed by atoms with E-state index in [4.69, 9.17) is 0 Å². The van der Waals surface area contributed by atoms with E-state index in [0.29, 0.717) is 12.4 Å². The number of hydrogen-bond acceptors (Lipinski definition) is 3. The molecule has 0 aliphatic heterocycles. The molecule has 0 saturated carbocycles. The van der Waals surface area contributed by atoms with Crippen LogP contribution in [0.2, 0.25) is 0 Å². The highest BCUT2D eigenvalue weighted by molar-refractivity contribution is 5.52. The largest absolute Gasteiger partial charge is 0.207 e. The Balaban J connectivity index is 1.82. The lowest BCUT2D eigenvalue weighted by Gasteiger charge is -1.99. The minimum Gasteiger partial charge on any atom is -0.207 e. The van der Waals surface area contributed by atoms with E-state index in [-0.39, 0.29) is 5.82 Å². The SMILES string of the molecule is Fc1cccc(Cn2nnc(-c3ccccc3)n2)c1. The highest BCUT2D eigenvalue weighted by Crippen LogP contribution is 2.12. The molecule has 2 aromatic carbocycles. The number of rotatable bonds is 3. The maximum absolute atomic E-state index is 13.1. The Morgan fingerprint density at radius 2 is 1.84 bits per heavy atom. The average Bonchev–Trinajstić information content (AvgIpc) is 2.88. The maximum atomic E-state index is 13.1. The number of nitrogens with zero attached hydrogens (tertiary/aromatic N) is 4. The van der Waals surface area contributed by atoms with Crippen molar-refractivity contribution in [2.45, 2.75) is 6.54 Å². The summed E-state index contributed by atoms with van der Waals surface area (Å²) in [7, 11) is 0. The summed E-state index contributed by atoms with van der Waals surface area (Å²) in [6.45, 7) is 0.400. The van der Waals surface area contributed by atoms with Crippen LogP contribution in [0.15, 0.2) is 54.6 Å². The van der Waals surface area contributed by atoms with Gasteiger partial charge in [0.05, 0.1) is 6.54 Å². The van der Waals surface area contributed by atoms with Crippen molar-refractivity contribution in [2.75, 3.05) is 0 Å². The van der Waals surface area contributed by atoms with Crippen LogP contribution in [0.3, 0.4) is 0 Å². The first-order chi connectivity index (χ1) is 9.31. The second-order valence-electron chi connectivity index (χ2n) is 4.14. The Labute approximate surface area is 109 Å². The van der Waals surface area contributed by atoms with Gasteiger partial charge in [-0.15, -0.1) is 10.2 Å². The Morgan fingerprint density at radius 3 is 2.63 bits per heavy atom. The van der Waals surface area contributed by atoms with Gasteiger partial charge in [0, 0.05) is 5.56 Å². The molecule has 0 saturated heterocycles. The van der Waals surface area contributed by atoms with E-state index in [9.17, 15) is 4.39 Å². The van der Waals surface area contributed by atoms with Crippen LogP contribution < -0.4 is 0 Å². The molecular formula is C14H11FN4.